The number of anilines is 1. The zero-order valence-electron chi connectivity index (χ0n) is 10.4. The van der Waals surface area contributed by atoms with E-state index in [-0.39, 0.29) is 5.97 Å². The summed E-state index contributed by atoms with van der Waals surface area (Å²) in [6.45, 7) is 1.29. The predicted molar refractivity (Wildman–Crippen MR) is 69.3 cm³/mol. The Hall–Kier alpha value is -1.55. The predicted octanol–water partition coefficient (Wildman–Crippen LogP) is 2.38. The molecule has 0 aromatic heterocycles. The van der Waals surface area contributed by atoms with Crippen LogP contribution in [0.25, 0.3) is 0 Å². The molecule has 2 rings (SSSR count). The van der Waals surface area contributed by atoms with E-state index in [1.165, 1.54) is 0 Å². The van der Waals surface area contributed by atoms with Crippen molar-refractivity contribution in [3.8, 4) is 0 Å². The van der Waals surface area contributed by atoms with Crippen LogP contribution in [0, 0.1) is 0 Å². The number of esters is 1. The Morgan fingerprint density at radius 3 is 3.00 bits per heavy atom. The van der Waals surface area contributed by atoms with Crippen molar-refractivity contribution in [3.63, 3.8) is 0 Å². The lowest BCUT2D eigenvalue weighted by Crippen LogP contribution is -2.11. The van der Waals surface area contributed by atoms with Crippen molar-refractivity contribution < 1.29 is 14.3 Å². The number of hydrogen-bond acceptors (Lipinski definition) is 4. The minimum atomic E-state index is -0.347. The number of carbonyl (C=O) groups excluding carboxylic acids is 1. The molecule has 1 saturated heterocycles. The first-order chi connectivity index (χ1) is 8.77. The molecule has 0 spiro atoms. The molecule has 0 radical (unpaired) electrons. The fourth-order valence-electron chi connectivity index (χ4n) is 2.11. The molecule has 0 aliphatic carbocycles. The van der Waals surface area contributed by atoms with Crippen LogP contribution in [-0.2, 0) is 9.47 Å². The van der Waals surface area contributed by atoms with E-state index in [1.54, 1.807) is 24.3 Å². The maximum atomic E-state index is 11.7. The molecule has 4 nitrogen and oxygen atoms in total. The van der Waals surface area contributed by atoms with Crippen molar-refractivity contribution in [1.29, 1.82) is 0 Å². The number of ether oxygens (including phenoxy) is 2. The molecule has 18 heavy (non-hydrogen) atoms. The van der Waals surface area contributed by atoms with Gasteiger partial charge in [0.05, 0.1) is 18.3 Å². The highest BCUT2D eigenvalue weighted by molar-refractivity contribution is 5.94. The molecule has 1 aromatic rings. The Labute approximate surface area is 107 Å². The molecule has 0 saturated carbocycles. The van der Waals surface area contributed by atoms with E-state index in [0.717, 1.165) is 32.3 Å². The fourth-order valence-corrected chi connectivity index (χ4v) is 2.11. The normalized spacial score (nSPS) is 18.8. The second kappa shape index (κ2) is 6.40. The van der Waals surface area contributed by atoms with Gasteiger partial charge in [0.1, 0.15) is 0 Å². The van der Waals surface area contributed by atoms with Gasteiger partial charge in [-0.25, -0.2) is 4.79 Å². The molecule has 2 N–H and O–H groups in total. The summed E-state index contributed by atoms with van der Waals surface area (Å²) >= 11 is 0. The highest BCUT2D eigenvalue weighted by Gasteiger charge is 2.15. The molecule has 1 fully saturated rings. The molecule has 98 valence electrons. The van der Waals surface area contributed by atoms with E-state index in [2.05, 4.69) is 0 Å². The summed E-state index contributed by atoms with van der Waals surface area (Å²) in [4.78, 5) is 11.7. The van der Waals surface area contributed by atoms with Gasteiger partial charge in [-0.3, -0.25) is 0 Å². The zero-order valence-corrected chi connectivity index (χ0v) is 10.4. The smallest absolute Gasteiger partial charge is 0.340 e. The standard InChI is InChI=1S/C14H19NO3/c15-13-8-2-1-7-12(13)14(16)18-10-4-6-11-5-3-9-17-11/h1-2,7-8,11H,3-6,9-10,15H2. The molecule has 1 atom stereocenters. The molecule has 1 aliphatic rings. The molecular weight excluding hydrogens is 230 g/mol. The van der Waals surface area contributed by atoms with Gasteiger partial charge >= 0.3 is 5.97 Å². The number of hydrogen-bond donors (Lipinski definition) is 1. The van der Waals surface area contributed by atoms with Crippen LogP contribution in [0.15, 0.2) is 24.3 Å². The largest absolute Gasteiger partial charge is 0.462 e. The van der Waals surface area contributed by atoms with Gasteiger partial charge in [-0.1, -0.05) is 12.1 Å². The van der Waals surface area contributed by atoms with Crippen molar-refractivity contribution in [1.82, 2.24) is 0 Å². The first kappa shape index (κ1) is 12.9. The second-order valence-electron chi connectivity index (χ2n) is 4.50. The Morgan fingerprint density at radius 1 is 1.44 bits per heavy atom. The third kappa shape index (κ3) is 3.47. The lowest BCUT2D eigenvalue weighted by molar-refractivity contribution is 0.0462. The minimum Gasteiger partial charge on any atom is -0.462 e. The van der Waals surface area contributed by atoms with E-state index < -0.39 is 0 Å². The van der Waals surface area contributed by atoms with Crippen LogP contribution >= 0.6 is 0 Å². The first-order valence-electron chi connectivity index (χ1n) is 6.40. The molecule has 1 unspecified atom stereocenters. The zero-order chi connectivity index (χ0) is 12.8. The van der Waals surface area contributed by atoms with Crippen molar-refractivity contribution in [3.05, 3.63) is 29.8 Å². The van der Waals surface area contributed by atoms with E-state index in [1.807, 2.05) is 0 Å². The first-order valence-corrected chi connectivity index (χ1v) is 6.40. The summed E-state index contributed by atoms with van der Waals surface area (Å²) in [5.74, 6) is -0.347. The van der Waals surface area contributed by atoms with Crippen LogP contribution in [0.3, 0.4) is 0 Å². The van der Waals surface area contributed by atoms with E-state index in [4.69, 9.17) is 15.2 Å². The monoisotopic (exact) mass is 249 g/mol. The van der Waals surface area contributed by atoms with Crippen molar-refractivity contribution >= 4 is 11.7 Å². The number of para-hydroxylation sites is 1. The van der Waals surface area contributed by atoms with Crippen LogP contribution in [0.1, 0.15) is 36.0 Å². The summed E-state index contributed by atoms with van der Waals surface area (Å²) in [5.41, 5.74) is 6.60. The summed E-state index contributed by atoms with van der Waals surface area (Å²) in [6, 6.07) is 6.95. The maximum Gasteiger partial charge on any atom is 0.340 e. The van der Waals surface area contributed by atoms with Gasteiger partial charge in [0.15, 0.2) is 0 Å². The summed E-state index contributed by atoms with van der Waals surface area (Å²) in [5, 5.41) is 0. The number of rotatable bonds is 5. The second-order valence-corrected chi connectivity index (χ2v) is 4.50. The SMILES string of the molecule is Nc1ccccc1C(=O)OCCCC1CCCO1. The molecule has 4 heteroatoms. The van der Waals surface area contributed by atoms with Gasteiger partial charge in [-0.05, 0) is 37.8 Å². The lowest BCUT2D eigenvalue weighted by atomic mass is 10.1. The topological polar surface area (TPSA) is 61.6 Å². The van der Waals surface area contributed by atoms with Gasteiger partial charge in [0.25, 0.3) is 0 Å². The van der Waals surface area contributed by atoms with Gasteiger partial charge in [0, 0.05) is 12.3 Å². The number of benzene rings is 1. The molecule has 1 aromatic carbocycles. The highest BCUT2D eigenvalue weighted by atomic mass is 16.5. The third-order valence-corrected chi connectivity index (χ3v) is 3.11. The maximum absolute atomic E-state index is 11.7. The fraction of sp³-hybridized carbons (Fsp3) is 0.500. The van der Waals surface area contributed by atoms with Crippen LogP contribution in [0.2, 0.25) is 0 Å². The number of nitrogen functional groups attached to an aromatic ring is 1. The number of carbonyl (C=O) groups is 1. The summed E-state index contributed by atoms with van der Waals surface area (Å²) in [6.07, 6.45) is 4.41. The van der Waals surface area contributed by atoms with Crippen molar-refractivity contribution in [2.24, 2.45) is 0 Å². The quantitative estimate of drug-likeness (QED) is 0.494. The Balaban J connectivity index is 1.70. The highest BCUT2D eigenvalue weighted by Crippen LogP contribution is 2.17. The van der Waals surface area contributed by atoms with Gasteiger partial charge in [-0.15, -0.1) is 0 Å². The van der Waals surface area contributed by atoms with Crippen LogP contribution in [0.4, 0.5) is 5.69 Å². The molecule has 0 amide bonds. The van der Waals surface area contributed by atoms with E-state index in [0.29, 0.717) is 24.0 Å². The third-order valence-electron chi connectivity index (χ3n) is 3.11. The molecule has 1 heterocycles. The summed E-state index contributed by atoms with van der Waals surface area (Å²) in [7, 11) is 0. The van der Waals surface area contributed by atoms with Crippen LogP contribution < -0.4 is 5.73 Å². The van der Waals surface area contributed by atoms with Gasteiger partial charge < -0.3 is 15.2 Å². The minimum absolute atomic E-state index is 0.347. The molecular formula is C14H19NO3. The van der Waals surface area contributed by atoms with Crippen LogP contribution in [-0.4, -0.2) is 25.3 Å². The van der Waals surface area contributed by atoms with Crippen LogP contribution in [0.5, 0.6) is 0 Å². The average Bonchev–Trinajstić information content (AvgIpc) is 2.88. The van der Waals surface area contributed by atoms with E-state index in [9.17, 15) is 4.79 Å². The van der Waals surface area contributed by atoms with E-state index >= 15 is 0 Å². The Kier molecular flexibility index (Phi) is 4.59. The van der Waals surface area contributed by atoms with Gasteiger partial charge in [-0.2, -0.15) is 0 Å². The van der Waals surface area contributed by atoms with Crippen molar-refractivity contribution in [2.75, 3.05) is 18.9 Å². The van der Waals surface area contributed by atoms with Gasteiger partial charge in [0.2, 0.25) is 0 Å². The molecule has 0 bridgehead atoms. The lowest BCUT2D eigenvalue weighted by Gasteiger charge is -2.09. The Morgan fingerprint density at radius 2 is 2.28 bits per heavy atom. The molecule has 1 aliphatic heterocycles. The summed E-state index contributed by atoms with van der Waals surface area (Å²) < 4.78 is 10.7. The average molecular weight is 249 g/mol. The van der Waals surface area contributed by atoms with Crippen molar-refractivity contribution in [2.45, 2.75) is 31.8 Å². The number of nitrogens with two attached hydrogens (primary N) is 1. The Bertz CT molecular complexity index is 400.